The number of amides is 1. The number of sulfone groups is 1. The van der Waals surface area contributed by atoms with Gasteiger partial charge in [-0.3, -0.25) is 4.79 Å². The summed E-state index contributed by atoms with van der Waals surface area (Å²) < 4.78 is 22.0. The van der Waals surface area contributed by atoms with Gasteiger partial charge in [0.15, 0.2) is 9.84 Å². The van der Waals surface area contributed by atoms with Crippen LogP contribution in [-0.2, 0) is 14.6 Å². The van der Waals surface area contributed by atoms with Crippen molar-refractivity contribution in [3.63, 3.8) is 0 Å². The third kappa shape index (κ3) is 6.53. The van der Waals surface area contributed by atoms with Crippen LogP contribution in [-0.4, -0.2) is 43.6 Å². The molecule has 0 bridgehead atoms. The summed E-state index contributed by atoms with van der Waals surface area (Å²) in [6, 6.07) is 0. The molecule has 0 fully saturated rings. The summed E-state index contributed by atoms with van der Waals surface area (Å²) in [6.45, 7) is 2.80. The molecule has 0 aliphatic heterocycles. The Morgan fingerprint density at radius 2 is 2.08 bits per heavy atom. The van der Waals surface area contributed by atoms with Gasteiger partial charge in [0.2, 0.25) is 5.91 Å². The lowest BCUT2D eigenvalue weighted by molar-refractivity contribution is -0.119. The molecule has 78 valence electrons. The number of nitrogens with one attached hydrogen (secondary N) is 1. The van der Waals surface area contributed by atoms with E-state index in [0.717, 1.165) is 0 Å². The number of aliphatic hydroxyl groups excluding tert-OH is 1. The SMILES string of the molecule is CCS(=O)(=O)CC(O)CNC(C)=O. The molecule has 0 rings (SSSR count). The number of carbonyl (C=O) groups is 1. The number of hydrogen-bond acceptors (Lipinski definition) is 4. The van der Waals surface area contributed by atoms with Crippen molar-refractivity contribution in [2.75, 3.05) is 18.1 Å². The first-order chi connectivity index (χ1) is 5.87. The van der Waals surface area contributed by atoms with Crippen molar-refractivity contribution in [3.8, 4) is 0 Å². The summed E-state index contributed by atoms with van der Waals surface area (Å²) >= 11 is 0. The fourth-order valence-electron chi connectivity index (χ4n) is 0.731. The Bertz CT molecular complexity index is 260. The molecule has 0 saturated carbocycles. The van der Waals surface area contributed by atoms with E-state index in [9.17, 15) is 18.3 Å². The number of rotatable bonds is 5. The highest BCUT2D eigenvalue weighted by atomic mass is 32.2. The minimum absolute atomic E-state index is 0.00410. The molecule has 0 saturated heterocycles. The third-order valence-corrected chi connectivity index (χ3v) is 3.25. The molecule has 1 atom stereocenters. The Balaban J connectivity index is 3.88. The van der Waals surface area contributed by atoms with Gasteiger partial charge in [0, 0.05) is 19.2 Å². The smallest absolute Gasteiger partial charge is 0.216 e. The third-order valence-electron chi connectivity index (χ3n) is 1.47. The van der Waals surface area contributed by atoms with Crippen LogP contribution in [0.1, 0.15) is 13.8 Å². The molecule has 0 spiro atoms. The predicted octanol–water partition coefficient (Wildman–Crippen LogP) is -1.08. The summed E-state index contributed by atoms with van der Waals surface area (Å²) in [5, 5.41) is 11.5. The van der Waals surface area contributed by atoms with Gasteiger partial charge in [-0.2, -0.15) is 0 Å². The van der Waals surface area contributed by atoms with E-state index in [1.54, 1.807) is 0 Å². The first-order valence-corrected chi connectivity index (χ1v) is 5.82. The molecule has 0 aliphatic carbocycles. The second-order valence-corrected chi connectivity index (χ2v) is 5.19. The molecular weight excluding hydrogens is 194 g/mol. The Kier molecular flexibility index (Phi) is 4.94. The molecule has 0 heterocycles. The fraction of sp³-hybridized carbons (Fsp3) is 0.857. The molecule has 1 unspecified atom stereocenters. The van der Waals surface area contributed by atoms with Crippen molar-refractivity contribution in [3.05, 3.63) is 0 Å². The van der Waals surface area contributed by atoms with E-state index >= 15 is 0 Å². The topological polar surface area (TPSA) is 83.5 Å². The van der Waals surface area contributed by atoms with Gasteiger partial charge in [0.1, 0.15) is 0 Å². The van der Waals surface area contributed by atoms with Crippen LogP contribution in [0.15, 0.2) is 0 Å². The van der Waals surface area contributed by atoms with Crippen LogP contribution in [0.2, 0.25) is 0 Å². The van der Waals surface area contributed by atoms with Gasteiger partial charge in [-0.05, 0) is 0 Å². The van der Waals surface area contributed by atoms with E-state index in [-0.39, 0.29) is 24.0 Å². The molecular formula is C7H15NO4S. The van der Waals surface area contributed by atoms with E-state index < -0.39 is 15.9 Å². The molecule has 1 amide bonds. The van der Waals surface area contributed by atoms with Crippen LogP contribution in [0.4, 0.5) is 0 Å². The molecule has 13 heavy (non-hydrogen) atoms. The highest BCUT2D eigenvalue weighted by molar-refractivity contribution is 7.91. The fourth-order valence-corrected chi connectivity index (χ4v) is 1.67. The van der Waals surface area contributed by atoms with E-state index in [2.05, 4.69) is 5.32 Å². The normalized spacial score (nSPS) is 13.8. The Morgan fingerprint density at radius 3 is 2.46 bits per heavy atom. The van der Waals surface area contributed by atoms with Crippen LogP contribution >= 0.6 is 0 Å². The monoisotopic (exact) mass is 209 g/mol. The van der Waals surface area contributed by atoms with Gasteiger partial charge in [-0.1, -0.05) is 6.92 Å². The van der Waals surface area contributed by atoms with Crippen molar-refractivity contribution >= 4 is 15.7 Å². The van der Waals surface area contributed by atoms with Gasteiger partial charge in [-0.25, -0.2) is 8.42 Å². The van der Waals surface area contributed by atoms with Gasteiger partial charge < -0.3 is 10.4 Å². The van der Waals surface area contributed by atoms with Gasteiger partial charge in [0.05, 0.1) is 11.9 Å². The van der Waals surface area contributed by atoms with Crippen LogP contribution in [0.3, 0.4) is 0 Å². The zero-order valence-electron chi connectivity index (χ0n) is 7.78. The van der Waals surface area contributed by atoms with Crippen LogP contribution in [0.25, 0.3) is 0 Å². The first-order valence-electron chi connectivity index (χ1n) is 4.00. The second-order valence-electron chi connectivity index (χ2n) is 2.79. The minimum Gasteiger partial charge on any atom is -0.390 e. The maximum Gasteiger partial charge on any atom is 0.216 e. The highest BCUT2D eigenvalue weighted by Gasteiger charge is 2.14. The largest absolute Gasteiger partial charge is 0.390 e. The van der Waals surface area contributed by atoms with Crippen LogP contribution < -0.4 is 5.32 Å². The average Bonchev–Trinajstić information content (AvgIpc) is 2.00. The molecule has 2 N–H and O–H groups in total. The van der Waals surface area contributed by atoms with Crippen molar-refractivity contribution in [2.45, 2.75) is 20.0 Å². The molecule has 0 aromatic carbocycles. The maximum atomic E-state index is 11.0. The summed E-state index contributed by atoms with van der Waals surface area (Å²) in [5.74, 6) is -0.582. The Labute approximate surface area is 78.1 Å². The molecule has 6 heteroatoms. The number of carbonyl (C=O) groups excluding carboxylic acids is 1. The summed E-state index contributed by atoms with van der Waals surface area (Å²) in [7, 11) is -3.17. The zero-order chi connectivity index (χ0) is 10.5. The second kappa shape index (κ2) is 5.18. The standard InChI is InChI=1S/C7H15NO4S/c1-3-13(11,12)5-7(10)4-8-6(2)9/h7,10H,3-5H2,1-2H3,(H,8,9). The van der Waals surface area contributed by atoms with Crippen LogP contribution in [0.5, 0.6) is 0 Å². The van der Waals surface area contributed by atoms with Crippen LogP contribution in [0, 0.1) is 0 Å². The maximum absolute atomic E-state index is 11.0. The lowest BCUT2D eigenvalue weighted by Gasteiger charge is -2.10. The lowest BCUT2D eigenvalue weighted by atomic mass is 10.4. The Morgan fingerprint density at radius 1 is 1.54 bits per heavy atom. The average molecular weight is 209 g/mol. The Hall–Kier alpha value is -0.620. The summed E-state index contributed by atoms with van der Waals surface area (Å²) in [4.78, 5) is 10.4. The highest BCUT2D eigenvalue weighted by Crippen LogP contribution is 1.93. The molecule has 0 radical (unpaired) electrons. The van der Waals surface area contributed by atoms with Crippen molar-refractivity contribution < 1.29 is 18.3 Å². The van der Waals surface area contributed by atoms with E-state index in [4.69, 9.17) is 0 Å². The van der Waals surface area contributed by atoms with E-state index in [1.165, 1.54) is 13.8 Å². The van der Waals surface area contributed by atoms with Gasteiger partial charge in [0.25, 0.3) is 0 Å². The number of aliphatic hydroxyl groups is 1. The van der Waals surface area contributed by atoms with E-state index in [0.29, 0.717) is 0 Å². The zero-order valence-corrected chi connectivity index (χ0v) is 8.60. The van der Waals surface area contributed by atoms with Gasteiger partial charge in [-0.15, -0.1) is 0 Å². The minimum atomic E-state index is -3.17. The quantitative estimate of drug-likeness (QED) is 0.603. The lowest BCUT2D eigenvalue weighted by Crippen LogP contribution is -2.35. The van der Waals surface area contributed by atoms with Gasteiger partial charge >= 0.3 is 0 Å². The summed E-state index contributed by atoms with van der Waals surface area (Å²) in [6.07, 6.45) is -1.02. The number of hydrogen-bond donors (Lipinski definition) is 2. The predicted molar refractivity (Wildman–Crippen MR) is 49.0 cm³/mol. The van der Waals surface area contributed by atoms with E-state index in [1.807, 2.05) is 0 Å². The molecule has 0 aromatic rings. The first kappa shape index (κ1) is 12.4. The van der Waals surface area contributed by atoms with Crippen molar-refractivity contribution in [2.24, 2.45) is 0 Å². The molecule has 0 aromatic heterocycles. The molecule has 5 nitrogen and oxygen atoms in total. The summed E-state index contributed by atoms with van der Waals surface area (Å²) in [5.41, 5.74) is 0. The molecule has 0 aliphatic rings. The van der Waals surface area contributed by atoms with Crippen molar-refractivity contribution in [1.29, 1.82) is 0 Å². The van der Waals surface area contributed by atoms with Crippen molar-refractivity contribution in [1.82, 2.24) is 5.32 Å².